The fourth-order valence-electron chi connectivity index (χ4n) is 3.51. The van der Waals surface area contributed by atoms with Crippen LogP contribution in [-0.2, 0) is 6.42 Å². The Bertz CT molecular complexity index is 1280. The number of anilines is 1. The molecule has 0 radical (unpaired) electrons. The zero-order chi connectivity index (χ0) is 23.2. The van der Waals surface area contributed by atoms with Crippen molar-refractivity contribution in [3.8, 4) is 17.1 Å². The fraction of sp³-hybridized carbons (Fsp3) is 0.208. The van der Waals surface area contributed by atoms with E-state index in [0.717, 1.165) is 16.8 Å². The Kier molecular flexibility index (Phi) is 6.68. The van der Waals surface area contributed by atoms with Gasteiger partial charge in [-0.05, 0) is 37.1 Å². The van der Waals surface area contributed by atoms with Crippen LogP contribution in [0.3, 0.4) is 0 Å². The Balaban J connectivity index is 1.49. The van der Waals surface area contributed by atoms with Crippen molar-refractivity contribution >= 4 is 22.6 Å². The quantitative estimate of drug-likeness (QED) is 0.426. The van der Waals surface area contributed by atoms with Crippen LogP contribution in [0.5, 0.6) is 5.88 Å². The van der Waals surface area contributed by atoms with Gasteiger partial charge >= 0.3 is 0 Å². The van der Waals surface area contributed by atoms with Crippen molar-refractivity contribution in [1.29, 1.82) is 0 Å². The van der Waals surface area contributed by atoms with Gasteiger partial charge < -0.3 is 15.4 Å². The number of aromatic nitrogens is 4. The van der Waals surface area contributed by atoms with E-state index in [1.54, 1.807) is 18.3 Å². The number of rotatable bonds is 8. The van der Waals surface area contributed by atoms with Gasteiger partial charge in [-0.3, -0.25) is 9.78 Å². The van der Waals surface area contributed by atoms with E-state index >= 15 is 0 Å². The number of amides is 1. The molecular weight excluding hydrogens is 423 g/mol. The van der Waals surface area contributed by atoms with Crippen LogP contribution in [0.2, 0.25) is 0 Å². The fourth-order valence-corrected chi connectivity index (χ4v) is 3.51. The van der Waals surface area contributed by atoms with E-state index in [4.69, 9.17) is 4.74 Å². The number of fused-ring (bicyclic) bond motifs is 1. The van der Waals surface area contributed by atoms with Crippen LogP contribution in [0.1, 0.15) is 22.8 Å². The molecule has 9 heteroatoms. The average Bonchev–Trinajstić information content (AvgIpc) is 2.85. The second-order valence-electron chi connectivity index (χ2n) is 7.15. The van der Waals surface area contributed by atoms with Crippen molar-refractivity contribution in [2.75, 3.05) is 25.5 Å². The molecule has 2 N–H and O–H groups in total. The first-order chi connectivity index (χ1) is 16.1. The van der Waals surface area contributed by atoms with Gasteiger partial charge in [-0.15, -0.1) is 0 Å². The summed E-state index contributed by atoms with van der Waals surface area (Å²) in [6.07, 6.45) is 5.27. The SMILES string of the molecule is CCOc1ccc(-c2cc(NCCc3ccc(F)c4c(C(=O)NC)ccnc34)ncn2)cn1. The molecule has 0 aliphatic heterocycles. The second kappa shape index (κ2) is 9.99. The monoisotopic (exact) mass is 446 g/mol. The summed E-state index contributed by atoms with van der Waals surface area (Å²) >= 11 is 0. The molecule has 8 nitrogen and oxygen atoms in total. The Morgan fingerprint density at radius 1 is 1.09 bits per heavy atom. The third-order valence-corrected chi connectivity index (χ3v) is 5.09. The maximum atomic E-state index is 14.5. The number of carbonyl (C=O) groups excluding carboxylic acids is 1. The predicted molar refractivity (Wildman–Crippen MR) is 124 cm³/mol. The van der Waals surface area contributed by atoms with Crippen molar-refractivity contribution < 1.29 is 13.9 Å². The van der Waals surface area contributed by atoms with Crippen LogP contribution in [0.15, 0.2) is 55.1 Å². The standard InChI is InChI=1S/C24H23FN6O2/c1-3-33-21-7-5-16(13-29-21)19-12-20(31-14-30-19)27-10-8-15-4-6-18(25)22-17(24(32)26-2)9-11-28-23(15)22/h4-7,9,11-14H,3,8,10H2,1-2H3,(H,26,32)(H,27,30,31). The molecule has 0 spiro atoms. The summed E-state index contributed by atoms with van der Waals surface area (Å²) in [5, 5.41) is 6.03. The van der Waals surface area contributed by atoms with Crippen LogP contribution in [0, 0.1) is 5.82 Å². The number of nitrogens with zero attached hydrogens (tertiary/aromatic N) is 4. The van der Waals surface area contributed by atoms with E-state index in [0.29, 0.717) is 36.8 Å². The highest BCUT2D eigenvalue weighted by Crippen LogP contribution is 2.25. The van der Waals surface area contributed by atoms with E-state index in [9.17, 15) is 9.18 Å². The Morgan fingerprint density at radius 3 is 2.73 bits per heavy atom. The molecule has 0 atom stereocenters. The molecule has 168 valence electrons. The maximum Gasteiger partial charge on any atom is 0.251 e. The number of carbonyl (C=O) groups is 1. The molecule has 0 bridgehead atoms. The minimum absolute atomic E-state index is 0.224. The average molecular weight is 446 g/mol. The highest BCUT2D eigenvalue weighted by molar-refractivity contribution is 6.06. The van der Waals surface area contributed by atoms with Crippen molar-refractivity contribution in [2.45, 2.75) is 13.3 Å². The zero-order valence-corrected chi connectivity index (χ0v) is 18.3. The molecule has 0 fully saturated rings. The lowest BCUT2D eigenvalue weighted by Gasteiger charge is -2.11. The minimum Gasteiger partial charge on any atom is -0.478 e. The molecule has 0 aliphatic carbocycles. The molecule has 3 aromatic heterocycles. The molecule has 1 amide bonds. The van der Waals surface area contributed by atoms with Crippen LogP contribution < -0.4 is 15.4 Å². The second-order valence-corrected chi connectivity index (χ2v) is 7.15. The number of hydrogen-bond donors (Lipinski definition) is 2. The van der Waals surface area contributed by atoms with Crippen molar-refractivity contribution in [1.82, 2.24) is 25.3 Å². The Hall–Kier alpha value is -4.14. The summed E-state index contributed by atoms with van der Waals surface area (Å²) in [6, 6.07) is 10.1. The molecule has 0 saturated carbocycles. The topological polar surface area (TPSA) is 102 Å². The number of halogens is 1. The molecule has 4 rings (SSSR count). The summed E-state index contributed by atoms with van der Waals surface area (Å²) in [5.41, 5.74) is 3.14. The number of hydrogen-bond acceptors (Lipinski definition) is 7. The number of nitrogens with one attached hydrogen (secondary N) is 2. The maximum absolute atomic E-state index is 14.5. The van der Waals surface area contributed by atoms with Crippen molar-refractivity contribution in [3.05, 3.63) is 72.1 Å². The number of pyridine rings is 2. The third-order valence-electron chi connectivity index (χ3n) is 5.09. The largest absolute Gasteiger partial charge is 0.478 e. The van der Waals surface area contributed by atoms with E-state index in [2.05, 4.69) is 30.6 Å². The van der Waals surface area contributed by atoms with Crippen LogP contribution in [-0.4, -0.2) is 46.0 Å². The van der Waals surface area contributed by atoms with Gasteiger partial charge in [-0.25, -0.2) is 19.3 Å². The summed E-state index contributed by atoms with van der Waals surface area (Å²) in [5.74, 6) is 0.388. The van der Waals surface area contributed by atoms with Crippen molar-refractivity contribution in [3.63, 3.8) is 0 Å². The highest BCUT2D eigenvalue weighted by Gasteiger charge is 2.15. The lowest BCUT2D eigenvalue weighted by Crippen LogP contribution is -2.18. The number of ether oxygens (including phenoxy) is 1. The first kappa shape index (κ1) is 22.1. The van der Waals surface area contributed by atoms with Gasteiger partial charge in [-0.2, -0.15) is 0 Å². The normalized spacial score (nSPS) is 10.8. The smallest absolute Gasteiger partial charge is 0.251 e. The zero-order valence-electron chi connectivity index (χ0n) is 18.3. The summed E-state index contributed by atoms with van der Waals surface area (Å²) in [4.78, 5) is 29.3. The Morgan fingerprint density at radius 2 is 1.97 bits per heavy atom. The molecule has 0 saturated heterocycles. The highest BCUT2D eigenvalue weighted by atomic mass is 19.1. The van der Waals surface area contributed by atoms with Gasteiger partial charge in [0.25, 0.3) is 5.91 Å². The van der Waals surface area contributed by atoms with Gasteiger partial charge in [0, 0.05) is 49.1 Å². The molecule has 0 aliphatic rings. The molecule has 4 aromatic rings. The van der Waals surface area contributed by atoms with Crippen LogP contribution in [0.25, 0.3) is 22.2 Å². The number of benzene rings is 1. The molecular formula is C24H23FN6O2. The summed E-state index contributed by atoms with van der Waals surface area (Å²) in [7, 11) is 1.51. The van der Waals surface area contributed by atoms with E-state index in [1.165, 1.54) is 31.7 Å². The lowest BCUT2D eigenvalue weighted by atomic mass is 10.0. The van der Waals surface area contributed by atoms with Crippen LogP contribution >= 0.6 is 0 Å². The molecule has 3 heterocycles. The third kappa shape index (κ3) is 4.87. The van der Waals surface area contributed by atoms with Gasteiger partial charge in [-0.1, -0.05) is 6.07 Å². The first-order valence-corrected chi connectivity index (χ1v) is 10.5. The summed E-state index contributed by atoms with van der Waals surface area (Å²) in [6.45, 7) is 2.99. The van der Waals surface area contributed by atoms with E-state index < -0.39 is 5.82 Å². The first-order valence-electron chi connectivity index (χ1n) is 10.5. The summed E-state index contributed by atoms with van der Waals surface area (Å²) < 4.78 is 19.9. The molecule has 33 heavy (non-hydrogen) atoms. The predicted octanol–water partition coefficient (Wildman–Crippen LogP) is 3.64. The van der Waals surface area contributed by atoms with Gasteiger partial charge in [0.05, 0.1) is 23.4 Å². The van der Waals surface area contributed by atoms with Gasteiger partial charge in [0.1, 0.15) is 18.0 Å². The van der Waals surface area contributed by atoms with E-state index in [1.807, 2.05) is 19.1 Å². The van der Waals surface area contributed by atoms with Crippen molar-refractivity contribution in [2.24, 2.45) is 0 Å². The van der Waals surface area contributed by atoms with Crippen LogP contribution in [0.4, 0.5) is 10.2 Å². The Labute approximate surface area is 190 Å². The van der Waals surface area contributed by atoms with E-state index in [-0.39, 0.29) is 16.9 Å². The molecule has 1 aromatic carbocycles. The lowest BCUT2D eigenvalue weighted by molar-refractivity contribution is 0.0964. The van der Waals surface area contributed by atoms with Gasteiger partial charge in [0.15, 0.2) is 0 Å². The van der Waals surface area contributed by atoms with Gasteiger partial charge in [0.2, 0.25) is 5.88 Å². The molecule has 0 unspecified atom stereocenters. The minimum atomic E-state index is -0.474.